The zero-order valence-electron chi connectivity index (χ0n) is 15.7. The Morgan fingerprint density at radius 1 is 1.00 bits per heavy atom. The van der Waals surface area contributed by atoms with Gasteiger partial charge in [0.2, 0.25) is 0 Å². The molecular formula is C23H20N2O3. The minimum absolute atomic E-state index is 0.141. The summed E-state index contributed by atoms with van der Waals surface area (Å²) in [5.74, 6) is -0.0637. The van der Waals surface area contributed by atoms with Gasteiger partial charge in [-0.05, 0) is 61.7 Å². The number of aromatic nitrogens is 1. The molecular weight excluding hydrogens is 352 g/mol. The summed E-state index contributed by atoms with van der Waals surface area (Å²) < 4.78 is 5.30. The van der Waals surface area contributed by atoms with Crippen molar-refractivity contribution in [1.82, 2.24) is 4.98 Å². The van der Waals surface area contributed by atoms with E-state index in [1.807, 2.05) is 62.4 Å². The highest BCUT2D eigenvalue weighted by molar-refractivity contribution is 6.04. The lowest BCUT2D eigenvalue weighted by atomic mass is 10.1. The minimum atomic E-state index is -0.294. The molecule has 0 saturated heterocycles. The first-order valence-corrected chi connectivity index (χ1v) is 9.06. The molecule has 0 aliphatic carbocycles. The molecule has 0 bridgehead atoms. The summed E-state index contributed by atoms with van der Waals surface area (Å²) >= 11 is 0. The van der Waals surface area contributed by atoms with Crippen molar-refractivity contribution in [3.8, 4) is 0 Å². The van der Waals surface area contributed by atoms with Gasteiger partial charge in [-0.25, -0.2) is 0 Å². The highest BCUT2D eigenvalue weighted by Gasteiger charge is 2.21. The number of carbonyl (C=O) groups excluding carboxylic acids is 1. The maximum atomic E-state index is 13.0. The van der Waals surface area contributed by atoms with Gasteiger partial charge in [-0.15, -0.1) is 0 Å². The molecule has 4 aromatic rings. The van der Waals surface area contributed by atoms with E-state index in [2.05, 4.69) is 4.98 Å². The Bertz CT molecular complexity index is 1190. The Kier molecular flexibility index (Phi) is 4.57. The molecule has 5 nitrogen and oxygen atoms in total. The van der Waals surface area contributed by atoms with Crippen LogP contribution in [-0.4, -0.2) is 10.9 Å². The van der Waals surface area contributed by atoms with Crippen LogP contribution in [0.25, 0.3) is 10.9 Å². The maximum Gasteiger partial charge on any atom is 0.294 e. The third-order valence-electron chi connectivity index (χ3n) is 4.73. The van der Waals surface area contributed by atoms with Crippen molar-refractivity contribution in [2.45, 2.75) is 20.4 Å². The van der Waals surface area contributed by atoms with Crippen LogP contribution in [-0.2, 0) is 6.54 Å². The summed E-state index contributed by atoms with van der Waals surface area (Å²) in [4.78, 5) is 30.1. The van der Waals surface area contributed by atoms with Gasteiger partial charge in [0, 0.05) is 16.8 Å². The Morgan fingerprint density at radius 2 is 1.75 bits per heavy atom. The summed E-state index contributed by atoms with van der Waals surface area (Å²) in [6.07, 6.45) is 1.46. The van der Waals surface area contributed by atoms with E-state index in [4.69, 9.17) is 4.42 Å². The van der Waals surface area contributed by atoms with Gasteiger partial charge >= 0.3 is 0 Å². The molecule has 0 spiro atoms. The number of rotatable bonds is 4. The zero-order valence-corrected chi connectivity index (χ0v) is 15.7. The molecule has 0 radical (unpaired) electrons. The van der Waals surface area contributed by atoms with Crippen LogP contribution in [0.2, 0.25) is 0 Å². The molecule has 0 saturated carbocycles. The van der Waals surface area contributed by atoms with Crippen molar-refractivity contribution in [3.05, 3.63) is 99.7 Å². The maximum absolute atomic E-state index is 13.0. The van der Waals surface area contributed by atoms with Crippen molar-refractivity contribution < 1.29 is 9.21 Å². The summed E-state index contributed by atoms with van der Waals surface area (Å²) in [6.45, 7) is 4.13. The fraction of sp³-hybridized carbons (Fsp3) is 0.130. The second-order valence-electron chi connectivity index (χ2n) is 6.92. The van der Waals surface area contributed by atoms with E-state index in [9.17, 15) is 9.59 Å². The molecule has 140 valence electrons. The number of hydrogen-bond acceptors (Lipinski definition) is 3. The minimum Gasteiger partial charge on any atom is -0.459 e. The number of H-pyrrole nitrogens is 1. The fourth-order valence-corrected chi connectivity index (χ4v) is 3.20. The van der Waals surface area contributed by atoms with Crippen LogP contribution in [0.15, 0.2) is 76.1 Å². The highest BCUT2D eigenvalue weighted by atomic mass is 16.3. The molecule has 0 fully saturated rings. The molecule has 5 heteroatoms. The molecule has 2 aromatic heterocycles. The summed E-state index contributed by atoms with van der Waals surface area (Å²) in [7, 11) is 0. The number of aromatic amines is 1. The summed E-state index contributed by atoms with van der Waals surface area (Å²) in [6, 6.07) is 18.6. The molecule has 0 unspecified atom stereocenters. The quantitative estimate of drug-likeness (QED) is 0.570. The molecule has 1 N–H and O–H groups in total. The number of furan rings is 1. The molecule has 2 heterocycles. The van der Waals surface area contributed by atoms with Crippen molar-refractivity contribution >= 4 is 22.5 Å². The van der Waals surface area contributed by atoms with Crippen LogP contribution >= 0.6 is 0 Å². The topological polar surface area (TPSA) is 66.3 Å². The Balaban J connectivity index is 1.78. The summed E-state index contributed by atoms with van der Waals surface area (Å²) in [5.41, 5.74) is 3.98. The molecule has 0 atom stereocenters. The summed E-state index contributed by atoms with van der Waals surface area (Å²) in [5, 5.41) is 0.934. The van der Waals surface area contributed by atoms with E-state index in [0.29, 0.717) is 11.3 Å². The SMILES string of the molecule is Cc1ccc(N(Cc2cc3cc(C)ccc3[nH]c2=O)C(=O)c2ccco2)cc1. The van der Waals surface area contributed by atoms with E-state index < -0.39 is 0 Å². The Labute approximate surface area is 162 Å². The van der Waals surface area contributed by atoms with Crippen LogP contribution < -0.4 is 10.5 Å². The van der Waals surface area contributed by atoms with E-state index in [0.717, 1.165) is 22.0 Å². The molecule has 0 aliphatic rings. The number of nitrogens with zero attached hydrogens (tertiary/aromatic N) is 1. The second kappa shape index (κ2) is 7.19. The smallest absolute Gasteiger partial charge is 0.294 e. The highest BCUT2D eigenvalue weighted by Crippen LogP contribution is 2.22. The number of anilines is 1. The van der Waals surface area contributed by atoms with Gasteiger partial charge in [-0.1, -0.05) is 29.3 Å². The van der Waals surface area contributed by atoms with Crippen molar-refractivity contribution in [3.63, 3.8) is 0 Å². The number of nitrogens with one attached hydrogen (secondary N) is 1. The first-order valence-electron chi connectivity index (χ1n) is 9.06. The number of fused-ring (bicyclic) bond motifs is 1. The van der Waals surface area contributed by atoms with Crippen LogP contribution in [0.3, 0.4) is 0 Å². The van der Waals surface area contributed by atoms with Gasteiger partial charge < -0.3 is 14.3 Å². The first kappa shape index (κ1) is 17.8. The predicted molar refractivity (Wildman–Crippen MR) is 110 cm³/mol. The van der Waals surface area contributed by atoms with Crippen LogP contribution in [0.1, 0.15) is 27.2 Å². The van der Waals surface area contributed by atoms with E-state index in [1.54, 1.807) is 17.0 Å². The number of aryl methyl sites for hydroxylation is 2. The Hall–Kier alpha value is -3.60. The first-order chi connectivity index (χ1) is 13.5. The van der Waals surface area contributed by atoms with Crippen LogP contribution in [0.5, 0.6) is 0 Å². The number of benzene rings is 2. The number of carbonyl (C=O) groups is 1. The van der Waals surface area contributed by atoms with E-state index in [-0.39, 0.29) is 23.8 Å². The monoisotopic (exact) mass is 372 g/mol. The molecule has 0 aliphatic heterocycles. The number of pyridine rings is 1. The van der Waals surface area contributed by atoms with Crippen LogP contribution in [0.4, 0.5) is 5.69 Å². The van der Waals surface area contributed by atoms with E-state index in [1.165, 1.54) is 6.26 Å². The lowest BCUT2D eigenvalue weighted by molar-refractivity contribution is 0.0958. The third-order valence-corrected chi connectivity index (χ3v) is 4.73. The van der Waals surface area contributed by atoms with E-state index >= 15 is 0 Å². The van der Waals surface area contributed by atoms with Crippen LogP contribution in [0, 0.1) is 13.8 Å². The zero-order chi connectivity index (χ0) is 19.7. The number of hydrogen-bond donors (Lipinski definition) is 1. The molecule has 1 amide bonds. The van der Waals surface area contributed by atoms with Gasteiger partial charge in [-0.2, -0.15) is 0 Å². The lowest BCUT2D eigenvalue weighted by Crippen LogP contribution is -2.32. The largest absolute Gasteiger partial charge is 0.459 e. The van der Waals surface area contributed by atoms with Gasteiger partial charge in [0.25, 0.3) is 11.5 Å². The fourth-order valence-electron chi connectivity index (χ4n) is 3.20. The average Bonchev–Trinajstić information content (AvgIpc) is 3.22. The normalized spacial score (nSPS) is 10.9. The van der Waals surface area contributed by atoms with Crippen molar-refractivity contribution in [1.29, 1.82) is 0 Å². The van der Waals surface area contributed by atoms with Gasteiger partial charge in [0.1, 0.15) is 0 Å². The van der Waals surface area contributed by atoms with Gasteiger partial charge in [0.15, 0.2) is 5.76 Å². The lowest BCUT2D eigenvalue weighted by Gasteiger charge is -2.22. The number of amides is 1. The third kappa shape index (κ3) is 3.47. The molecule has 2 aromatic carbocycles. The predicted octanol–water partition coefficient (Wildman–Crippen LogP) is 4.58. The van der Waals surface area contributed by atoms with Gasteiger partial charge in [-0.3, -0.25) is 9.59 Å². The Morgan fingerprint density at radius 3 is 2.46 bits per heavy atom. The molecule has 4 rings (SSSR count). The second-order valence-corrected chi connectivity index (χ2v) is 6.92. The van der Waals surface area contributed by atoms with Gasteiger partial charge in [0.05, 0.1) is 12.8 Å². The van der Waals surface area contributed by atoms with Crippen molar-refractivity contribution in [2.75, 3.05) is 4.90 Å². The van der Waals surface area contributed by atoms with Crippen molar-refractivity contribution in [2.24, 2.45) is 0 Å². The molecule has 28 heavy (non-hydrogen) atoms. The average molecular weight is 372 g/mol. The standard InChI is InChI=1S/C23H20N2O3/c1-15-5-8-19(9-6-15)25(23(27)21-4-3-11-28-21)14-18-13-17-12-16(2)7-10-20(17)24-22(18)26/h3-13H,14H2,1-2H3,(H,24,26).